The van der Waals surface area contributed by atoms with Crippen LogP contribution in [-0.4, -0.2) is 23.7 Å². The summed E-state index contributed by atoms with van der Waals surface area (Å²) in [5.74, 6) is -1.01. The van der Waals surface area contributed by atoms with Gasteiger partial charge in [-0.05, 0) is 25.1 Å². The fraction of sp³-hybridized carbons (Fsp3) is 0.300. The largest absolute Gasteiger partial charge is 0.399 e. The highest BCUT2D eigenvalue weighted by molar-refractivity contribution is 5.95. The average Bonchev–Trinajstić information content (AvgIpc) is 2.16. The SMILES string of the molecule is C[C@H](CO)NC(=O)c1cc(N)cc(F)c1. The van der Waals surface area contributed by atoms with Crippen LogP contribution in [0.4, 0.5) is 10.1 Å². The number of aliphatic hydroxyl groups excluding tert-OH is 1. The predicted octanol–water partition coefficient (Wildman–Crippen LogP) is 0.519. The fourth-order valence-corrected chi connectivity index (χ4v) is 1.10. The molecule has 15 heavy (non-hydrogen) atoms. The second-order valence-electron chi connectivity index (χ2n) is 3.33. The Kier molecular flexibility index (Phi) is 3.62. The molecule has 0 spiro atoms. The lowest BCUT2D eigenvalue weighted by atomic mass is 10.1. The Morgan fingerprint density at radius 2 is 2.27 bits per heavy atom. The van der Waals surface area contributed by atoms with Gasteiger partial charge in [0.15, 0.2) is 0 Å². The van der Waals surface area contributed by atoms with Gasteiger partial charge in [-0.25, -0.2) is 4.39 Å². The molecule has 0 saturated heterocycles. The molecule has 5 heteroatoms. The first-order valence-corrected chi connectivity index (χ1v) is 4.50. The zero-order valence-electron chi connectivity index (χ0n) is 8.33. The second kappa shape index (κ2) is 4.75. The van der Waals surface area contributed by atoms with Gasteiger partial charge in [-0.15, -0.1) is 0 Å². The van der Waals surface area contributed by atoms with Crippen LogP contribution in [0.25, 0.3) is 0 Å². The van der Waals surface area contributed by atoms with E-state index in [1.165, 1.54) is 6.07 Å². The zero-order chi connectivity index (χ0) is 11.4. The van der Waals surface area contributed by atoms with Crippen LogP contribution in [0.5, 0.6) is 0 Å². The summed E-state index contributed by atoms with van der Waals surface area (Å²) >= 11 is 0. The molecule has 4 nitrogen and oxygen atoms in total. The number of carbonyl (C=O) groups excluding carboxylic acids is 1. The topological polar surface area (TPSA) is 75.3 Å². The molecule has 0 saturated carbocycles. The number of nitrogens with two attached hydrogens (primary N) is 1. The first-order chi connectivity index (χ1) is 7.02. The molecule has 0 aliphatic heterocycles. The van der Waals surface area contributed by atoms with Gasteiger partial charge >= 0.3 is 0 Å². The van der Waals surface area contributed by atoms with Crippen LogP contribution in [0.1, 0.15) is 17.3 Å². The van der Waals surface area contributed by atoms with Gasteiger partial charge in [0.25, 0.3) is 5.91 Å². The minimum absolute atomic E-state index is 0.146. The van der Waals surface area contributed by atoms with Gasteiger partial charge in [-0.3, -0.25) is 4.79 Å². The monoisotopic (exact) mass is 212 g/mol. The second-order valence-corrected chi connectivity index (χ2v) is 3.33. The van der Waals surface area contributed by atoms with E-state index in [0.29, 0.717) is 0 Å². The normalized spacial score (nSPS) is 12.2. The van der Waals surface area contributed by atoms with Crippen LogP contribution in [0.15, 0.2) is 18.2 Å². The van der Waals surface area contributed by atoms with Crippen LogP contribution in [0.2, 0.25) is 0 Å². The summed E-state index contributed by atoms with van der Waals surface area (Å²) < 4.78 is 12.9. The lowest BCUT2D eigenvalue weighted by Gasteiger charge is -2.10. The summed E-state index contributed by atoms with van der Waals surface area (Å²) in [5, 5.41) is 11.2. The van der Waals surface area contributed by atoms with Gasteiger partial charge in [-0.1, -0.05) is 0 Å². The number of halogens is 1. The van der Waals surface area contributed by atoms with Gasteiger partial charge < -0.3 is 16.2 Å². The molecule has 82 valence electrons. The van der Waals surface area contributed by atoms with Crippen LogP contribution < -0.4 is 11.1 Å². The average molecular weight is 212 g/mol. The third-order valence-electron chi connectivity index (χ3n) is 1.83. The number of nitrogen functional groups attached to an aromatic ring is 1. The van der Waals surface area contributed by atoms with Crippen molar-refractivity contribution < 1.29 is 14.3 Å². The Morgan fingerprint density at radius 1 is 1.60 bits per heavy atom. The van der Waals surface area contributed by atoms with Gasteiger partial charge in [0.05, 0.1) is 6.61 Å². The number of rotatable bonds is 3. The highest BCUT2D eigenvalue weighted by atomic mass is 19.1. The molecule has 0 aliphatic rings. The van der Waals surface area contributed by atoms with Crippen molar-refractivity contribution in [2.24, 2.45) is 0 Å². The molecule has 0 aromatic heterocycles. The molecule has 1 aromatic carbocycles. The maximum Gasteiger partial charge on any atom is 0.251 e. The molecule has 1 rings (SSSR count). The fourth-order valence-electron chi connectivity index (χ4n) is 1.10. The van der Waals surface area contributed by atoms with E-state index in [-0.39, 0.29) is 23.9 Å². The first-order valence-electron chi connectivity index (χ1n) is 4.50. The highest BCUT2D eigenvalue weighted by Gasteiger charge is 2.10. The van der Waals surface area contributed by atoms with Crippen molar-refractivity contribution in [3.05, 3.63) is 29.6 Å². The highest BCUT2D eigenvalue weighted by Crippen LogP contribution is 2.10. The number of nitrogens with one attached hydrogen (secondary N) is 1. The number of carbonyl (C=O) groups is 1. The van der Waals surface area contributed by atoms with Gasteiger partial charge in [0.1, 0.15) is 5.82 Å². The smallest absolute Gasteiger partial charge is 0.251 e. The molecule has 1 aromatic rings. The van der Waals surface area contributed by atoms with Gasteiger partial charge in [-0.2, -0.15) is 0 Å². The lowest BCUT2D eigenvalue weighted by Crippen LogP contribution is -2.35. The summed E-state index contributed by atoms with van der Waals surface area (Å²) in [4.78, 5) is 11.5. The number of benzene rings is 1. The Hall–Kier alpha value is -1.62. The van der Waals surface area contributed by atoms with Gasteiger partial charge in [0, 0.05) is 17.3 Å². The van der Waals surface area contributed by atoms with E-state index >= 15 is 0 Å². The Labute approximate surface area is 86.9 Å². The summed E-state index contributed by atoms with van der Waals surface area (Å²) in [5.41, 5.74) is 5.73. The molecule has 0 bridgehead atoms. The summed E-state index contributed by atoms with van der Waals surface area (Å²) in [6.07, 6.45) is 0. The van der Waals surface area contributed by atoms with Crippen LogP contribution in [-0.2, 0) is 0 Å². The molecular weight excluding hydrogens is 199 g/mol. The van der Waals surface area contributed by atoms with Crippen LogP contribution in [0.3, 0.4) is 0 Å². The quantitative estimate of drug-likeness (QED) is 0.639. The van der Waals surface area contributed by atoms with Crippen molar-refractivity contribution in [2.45, 2.75) is 13.0 Å². The number of aliphatic hydroxyl groups is 1. The number of amides is 1. The standard InChI is InChI=1S/C10H13FN2O2/c1-6(5-14)13-10(15)7-2-8(11)4-9(12)3-7/h2-4,6,14H,5,12H2,1H3,(H,13,15)/t6-/m1/s1. The number of anilines is 1. The van der Waals surface area contributed by atoms with Crippen molar-refractivity contribution in [1.29, 1.82) is 0 Å². The van der Waals surface area contributed by atoms with Crippen LogP contribution in [0, 0.1) is 5.82 Å². The van der Waals surface area contributed by atoms with E-state index in [0.717, 1.165) is 12.1 Å². The summed E-state index contributed by atoms with van der Waals surface area (Å²) in [6, 6.07) is 3.23. The Morgan fingerprint density at radius 3 is 2.80 bits per heavy atom. The molecule has 1 amide bonds. The van der Waals surface area contributed by atoms with E-state index in [9.17, 15) is 9.18 Å². The Bertz CT molecular complexity index is 348. The minimum atomic E-state index is -0.559. The zero-order valence-corrected chi connectivity index (χ0v) is 8.33. The van der Waals surface area contributed by atoms with E-state index in [1.54, 1.807) is 6.92 Å². The molecule has 0 radical (unpaired) electrons. The van der Waals surface area contributed by atoms with Crippen LogP contribution >= 0.6 is 0 Å². The molecule has 0 unspecified atom stereocenters. The number of hydrogen-bond donors (Lipinski definition) is 3. The third kappa shape index (κ3) is 3.21. The van der Waals surface area contributed by atoms with E-state index in [4.69, 9.17) is 10.8 Å². The minimum Gasteiger partial charge on any atom is -0.399 e. The molecule has 0 aliphatic carbocycles. The summed E-state index contributed by atoms with van der Waals surface area (Å²) in [6.45, 7) is 1.47. The third-order valence-corrected chi connectivity index (χ3v) is 1.83. The molecule has 1 atom stereocenters. The predicted molar refractivity (Wildman–Crippen MR) is 54.8 cm³/mol. The number of hydrogen-bond acceptors (Lipinski definition) is 3. The molecule has 0 fully saturated rings. The van der Waals surface area contributed by atoms with E-state index in [1.807, 2.05) is 0 Å². The molecular formula is C10H13FN2O2. The lowest BCUT2D eigenvalue weighted by molar-refractivity contribution is 0.0922. The summed E-state index contributed by atoms with van der Waals surface area (Å²) in [7, 11) is 0. The molecule has 4 N–H and O–H groups in total. The van der Waals surface area contributed by atoms with Crippen molar-refractivity contribution in [2.75, 3.05) is 12.3 Å². The first kappa shape index (κ1) is 11.5. The maximum absolute atomic E-state index is 12.9. The maximum atomic E-state index is 12.9. The van der Waals surface area contributed by atoms with Crippen molar-refractivity contribution in [3.8, 4) is 0 Å². The van der Waals surface area contributed by atoms with Crippen molar-refractivity contribution in [3.63, 3.8) is 0 Å². The molecule has 0 heterocycles. The Balaban J connectivity index is 2.82. The van der Waals surface area contributed by atoms with E-state index in [2.05, 4.69) is 5.32 Å². The van der Waals surface area contributed by atoms with E-state index < -0.39 is 11.7 Å². The van der Waals surface area contributed by atoms with Gasteiger partial charge in [0.2, 0.25) is 0 Å². The van der Waals surface area contributed by atoms with Crippen molar-refractivity contribution >= 4 is 11.6 Å². The van der Waals surface area contributed by atoms with Crippen molar-refractivity contribution in [1.82, 2.24) is 5.32 Å².